The van der Waals surface area contributed by atoms with Gasteiger partial charge in [-0.3, -0.25) is 4.79 Å². The average Bonchev–Trinajstić information content (AvgIpc) is 2.44. The number of nitrogens with one attached hydrogen (secondary N) is 1. The van der Waals surface area contributed by atoms with Gasteiger partial charge in [-0.2, -0.15) is 0 Å². The molecule has 0 saturated heterocycles. The molecule has 0 spiro atoms. The summed E-state index contributed by atoms with van der Waals surface area (Å²) in [5.74, 6) is 0.907. The van der Waals surface area contributed by atoms with Crippen LogP contribution < -0.4 is 5.32 Å². The summed E-state index contributed by atoms with van der Waals surface area (Å²) in [4.78, 5) is 11.2. The average molecular weight is 287 g/mol. The molecule has 1 atom stereocenters. The normalized spacial score (nSPS) is 11.9. The van der Waals surface area contributed by atoms with Crippen LogP contribution >= 0.6 is 0 Å². The Hall–Kier alpha value is -0.410. The molecule has 3 heteroatoms. The highest BCUT2D eigenvalue weighted by Gasteiger charge is 2.14. The lowest BCUT2D eigenvalue weighted by atomic mass is 9.99. The molecule has 0 aromatic carbocycles. The number of Topliss-reactive ketones (excluding diaryl/α,β-unsaturated/α-hetero) is 1. The third-order valence-corrected chi connectivity index (χ3v) is 3.30. The molecule has 0 amide bonds. The van der Waals surface area contributed by atoms with E-state index in [-0.39, 0.29) is 6.04 Å². The molecular formula is C17H37NO2. The van der Waals surface area contributed by atoms with Crippen LogP contribution in [0.4, 0.5) is 0 Å². The van der Waals surface area contributed by atoms with Crippen LogP contribution in [0.15, 0.2) is 0 Å². The molecule has 0 heterocycles. The largest absolute Gasteiger partial charge is 0.396 e. The van der Waals surface area contributed by atoms with Gasteiger partial charge < -0.3 is 10.4 Å². The van der Waals surface area contributed by atoms with Crippen LogP contribution in [0.5, 0.6) is 0 Å². The van der Waals surface area contributed by atoms with Crippen molar-refractivity contribution in [3.8, 4) is 0 Å². The van der Waals surface area contributed by atoms with Gasteiger partial charge in [0.1, 0.15) is 5.78 Å². The molecule has 0 bridgehead atoms. The number of carbonyl (C=O) groups excluding carboxylic acids is 1. The molecule has 122 valence electrons. The molecule has 3 nitrogen and oxygen atoms in total. The molecule has 0 aliphatic rings. The van der Waals surface area contributed by atoms with E-state index in [2.05, 4.69) is 26.1 Å². The summed E-state index contributed by atoms with van der Waals surface area (Å²) in [5, 5.41) is 11.5. The van der Waals surface area contributed by atoms with Gasteiger partial charge in [0, 0.05) is 13.0 Å². The van der Waals surface area contributed by atoms with Gasteiger partial charge in [0.05, 0.1) is 6.04 Å². The van der Waals surface area contributed by atoms with Gasteiger partial charge in [0.15, 0.2) is 0 Å². The van der Waals surface area contributed by atoms with Crippen LogP contribution in [-0.4, -0.2) is 30.6 Å². The summed E-state index contributed by atoms with van der Waals surface area (Å²) in [5.41, 5.74) is 0. The fraction of sp³-hybridized carbons (Fsp3) is 0.941. The van der Waals surface area contributed by atoms with Crippen molar-refractivity contribution in [2.24, 2.45) is 5.92 Å². The maximum absolute atomic E-state index is 11.2. The van der Waals surface area contributed by atoms with Gasteiger partial charge in [0.2, 0.25) is 0 Å². The molecule has 0 saturated carbocycles. The lowest BCUT2D eigenvalue weighted by Gasteiger charge is -2.15. The number of hydrogen-bond donors (Lipinski definition) is 2. The van der Waals surface area contributed by atoms with E-state index in [0.717, 1.165) is 12.8 Å². The Labute approximate surface area is 126 Å². The van der Waals surface area contributed by atoms with E-state index in [0.29, 0.717) is 24.7 Å². The SMILES string of the molecule is CCC(=O)[C@H](CC(C)C)NC.CCCCCCCCO. The van der Waals surface area contributed by atoms with Crippen LogP contribution in [0.3, 0.4) is 0 Å². The monoisotopic (exact) mass is 287 g/mol. The number of hydrogen-bond acceptors (Lipinski definition) is 3. The number of unbranched alkanes of at least 4 members (excludes halogenated alkanes) is 5. The summed E-state index contributed by atoms with van der Waals surface area (Å²) < 4.78 is 0. The van der Waals surface area contributed by atoms with Gasteiger partial charge in [-0.1, -0.05) is 59.8 Å². The zero-order chi connectivity index (χ0) is 15.8. The number of likely N-dealkylation sites (N-methyl/N-ethyl adjacent to an activating group) is 1. The minimum absolute atomic E-state index is 0.0694. The van der Waals surface area contributed by atoms with Crippen molar-refractivity contribution < 1.29 is 9.90 Å². The van der Waals surface area contributed by atoms with Crippen molar-refractivity contribution in [3.63, 3.8) is 0 Å². The topological polar surface area (TPSA) is 49.3 Å². The van der Waals surface area contributed by atoms with E-state index in [4.69, 9.17) is 5.11 Å². The third kappa shape index (κ3) is 15.6. The van der Waals surface area contributed by atoms with Gasteiger partial charge in [-0.05, 0) is 25.8 Å². The number of aliphatic hydroxyl groups is 1. The van der Waals surface area contributed by atoms with E-state index >= 15 is 0 Å². The van der Waals surface area contributed by atoms with Crippen LogP contribution in [0.2, 0.25) is 0 Å². The standard InChI is InChI=1S/C9H19NO.C8H18O/c1-5-9(11)8(10-4)6-7(2)3;1-2-3-4-5-6-7-8-9/h7-8,10H,5-6H2,1-4H3;9H,2-8H2,1H3/t8-;/m0./s1. The lowest BCUT2D eigenvalue weighted by Crippen LogP contribution is -2.34. The first-order chi connectivity index (χ1) is 9.53. The minimum atomic E-state index is 0.0694. The van der Waals surface area contributed by atoms with E-state index in [1.54, 1.807) is 0 Å². The van der Waals surface area contributed by atoms with Crippen LogP contribution in [-0.2, 0) is 4.79 Å². The van der Waals surface area contributed by atoms with Crippen molar-refractivity contribution in [1.29, 1.82) is 0 Å². The molecule has 20 heavy (non-hydrogen) atoms. The number of ketones is 1. The fourth-order valence-corrected chi connectivity index (χ4v) is 2.02. The Morgan fingerprint density at radius 3 is 2.00 bits per heavy atom. The highest BCUT2D eigenvalue weighted by atomic mass is 16.2. The van der Waals surface area contributed by atoms with Crippen LogP contribution in [0.1, 0.15) is 79.1 Å². The molecule has 2 N–H and O–H groups in total. The Kier molecular flexibility index (Phi) is 18.2. The lowest BCUT2D eigenvalue weighted by molar-refractivity contribution is -0.121. The minimum Gasteiger partial charge on any atom is -0.396 e. The second-order valence-corrected chi connectivity index (χ2v) is 5.78. The molecule has 0 aliphatic carbocycles. The Bertz CT molecular complexity index is 199. The molecule has 0 aromatic heterocycles. The summed E-state index contributed by atoms with van der Waals surface area (Å²) in [6, 6.07) is 0.0694. The number of rotatable bonds is 11. The van der Waals surface area contributed by atoms with Crippen molar-refractivity contribution in [3.05, 3.63) is 0 Å². The second-order valence-electron chi connectivity index (χ2n) is 5.78. The molecule has 0 aliphatic heterocycles. The third-order valence-electron chi connectivity index (χ3n) is 3.30. The predicted octanol–water partition coefficient (Wildman–Crippen LogP) is 3.94. The van der Waals surface area contributed by atoms with E-state index in [1.807, 2.05) is 14.0 Å². The first kappa shape index (κ1) is 21.9. The Morgan fingerprint density at radius 2 is 1.60 bits per heavy atom. The van der Waals surface area contributed by atoms with Crippen LogP contribution in [0, 0.1) is 5.92 Å². The number of carbonyl (C=O) groups is 1. The van der Waals surface area contributed by atoms with Crippen LogP contribution in [0.25, 0.3) is 0 Å². The van der Waals surface area contributed by atoms with Gasteiger partial charge in [-0.15, -0.1) is 0 Å². The summed E-state index contributed by atoms with van der Waals surface area (Å²) in [6.07, 6.45) is 9.08. The molecular weight excluding hydrogens is 250 g/mol. The molecule has 0 fully saturated rings. The summed E-state index contributed by atoms with van der Waals surface area (Å²) in [7, 11) is 1.85. The molecule has 0 radical (unpaired) electrons. The number of aliphatic hydroxyl groups excluding tert-OH is 1. The van der Waals surface area contributed by atoms with Gasteiger partial charge in [-0.25, -0.2) is 0 Å². The zero-order valence-corrected chi connectivity index (χ0v) is 14.4. The van der Waals surface area contributed by atoms with Gasteiger partial charge >= 0.3 is 0 Å². The van der Waals surface area contributed by atoms with Gasteiger partial charge in [0.25, 0.3) is 0 Å². The van der Waals surface area contributed by atoms with E-state index in [1.165, 1.54) is 32.1 Å². The molecule has 0 rings (SSSR count). The maximum Gasteiger partial charge on any atom is 0.149 e. The Morgan fingerprint density at radius 1 is 1.05 bits per heavy atom. The molecule has 0 aromatic rings. The van der Waals surface area contributed by atoms with E-state index < -0.39 is 0 Å². The summed E-state index contributed by atoms with van der Waals surface area (Å²) >= 11 is 0. The molecule has 0 unspecified atom stereocenters. The fourth-order valence-electron chi connectivity index (χ4n) is 2.02. The van der Waals surface area contributed by atoms with Crippen molar-refractivity contribution >= 4 is 5.78 Å². The maximum atomic E-state index is 11.2. The zero-order valence-electron chi connectivity index (χ0n) is 14.4. The first-order valence-electron chi connectivity index (χ1n) is 8.34. The Balaban J connectivity index is 0. The smallest absolute Gasteiger partial charge is 0.149 e. The highest BCUT2D eigenvalue weighted by molar-refractivity contribution is 5.83. The summed E-state index contributed by atoms with van der Waals surface area (Å²) in [6.45, 7) is 8.76. The predicted molar refractivity (Wildman–Crippen MR) is 88.1 cm³/mol. The first-order valence-corrected chi connectivity index (χ1v) is 8.34. The quantitative estimate of drug-likeness (QED) is 0.566. The van der Waals surface area contributed by atoms with Crippen molar-refractivity contribution in [2.75, 3.05) is 13.7 Å². The van der Waals surface area contributed by atoms with Crippen molar-refractivity contribution in [1.82, 2.24) is 5.32 Å². The highest BCUT2D eigenvalue weighted by Crippen LogP contribution is 2.06. The second kappa shape index (κ2) is 16.6. The van der Waals surface area contributed by atoms with E-state index in [9.17, 15) is 4.79 Å². The van der Waals surface area contributed by atoms with Crippen molar-refractivity contribution in [2.45, 2.75) is 85.1 Å².